The van der Waals surface area contributed by atoms with Crippen LogP contribution in [0.2, 0.25) is 0 Å². The van der Waals surface area contributed by atoms with E-state index in [1.54, 1.807) is 20.8 Å². The molecule has 0 spiro atoms. The van der Waals surface area contributed by atoms with E-state index in [2.05, 4.69) is 18.6 Å². The van der Waals surface area contributed by atoms with Gasteiger partial charge in [0.15, 0.2) is 23.5 Å². The first-order valence-corrected chi connectivity index (χ1v) is 12.1. The molecule has 0 amide bonds. The third-order valence-electron chi connectivity index (χ3n) is 4.33. The first-order valence-electron chi connectivity index (χ1n) is 8.92. The number of carbonyl (C=O) groups is 1. The van der Waals surface area contributed by atoms with Crippen LogP contribution in [-0.2, 0) is 31.6 Å². The zero-order valence-corrected chi connectivity index (χ0v) is 19.7. The number of hydrogen-bond acceptors (Lipinski definition) is 10. The zero-order chi connectivity index (χ0) is 22.5. The molecule has 30 heavy (non-hydrogen) atoms. The number of aromatic nitrogens is 2. The lowest BCUT2D eigenvalue weighted by Gasteiger charge is -2.27. The number of ether oxygens (including phenoxy) is 1. The summed E-state index contributed by atoms with van der Waals surface area (Å²) >= 11 is 0. The second-order valence-electron chi connectivity index (χ2n) is 6.76. The fraction of sp³-hybridized carbons (Fsp3) is 0.667. The van der Waals surface area contributed by atoms with Gasteiger partial charge in [-0.05, 0) is 20.3 Å². The van der Waals surface area contributed by atoms with Crippen LogP contribution in [-0.4, -0.2) is 39.4 Å². The molecule has 15 heteroatoms. The van der Waals surface area contributed by atoms with Gasteiger partial charge in [0.05, 0.1) is 18.5 Å². The Kier molecular flexibility index (Phi) is 9.18. The maximum absolute atomic E-state index is 15.0. The summed E-state index contributed by atoms with van der Waals surface area (Å²) < 4.78 is 69.1. The highest BCUT2D eigenvalue weighted by Crippen LogP contribution is 2.46. The standard InChI is InChI=1S/C15H23FN3O8P3/c1-5-15(7-24-29(22)27-30(23)26-28-21)6-11(16)14(25-15)19-8-17-12(10(4)20)13(19)18-9(2)3/h8,11,14,29-30H,5-7H2,1-4H3/t11-,14-,15+/m1/s1. The molecule has 1 aromatic heterocycles. The summed E-state index contributed by atoms with van der Waals surface area (Å²) in [6.45, 7) is 6.23. The maximum atomic E-state index is 15.0. The van der Waals surface area contributed by atoms with Crippen LogP contribution in [0.4, 0.5) is 10.2 Å². The zero-order valence-electron chi connectivity index (χ0n) is 16.8. The molecule has 0 saturated carbocycles. The molecule has 0 aliphatic carbocycles. The average Bonchev–Trinajstić information content (AvgIpc) is 3.21. The Morgan fingerprint density at radius 1 is 1.43 bits per heavy atom. The van der Waals surface area contributed by atoms with Crippen LogP contribution in [0.3, 0.4) is 0 Å². The normalized spacial score (nSPS) is 25.9. The lowest BCUT2D eigenvalue weighted by atomic mass is 9.97. The van der Waals surface area contributed by atoms with Gasteiger partial charge in [-0.15, -0.1) is 0 Å². The molecular weight excluding hydrogens is 462 g/mol. The number of imidazole rings is 1. The quantitative estimate of drug-likeness (QED) is 0.249. The summed E-state index contributed by atoms with van der Waals surface area (Å²) in [5.74, 6) is -0.134. The molecule has 1 aromatic rings. The third kappa shape index (κ3) is 6.20. The van der Waals surface area contributed by atoms with Gasteiger partial charge in [0.2, 0.25) is 0 Å². The van der Waals surface area contributed by atoms with Gasteiger partial charge in [0, 0.05) is 19.1 Å². The van der Waals surface area contributed by atoms with Crippen molar-refractivity contribution < 1.29 is 40.8 Å². The van der Waals surface area contributed by atoms with Gasteiger partial charge in [-0.3, -0.25) is 18.5 Å². The molecule has 168 valence electrons. The predicted octanol–water partition coefficient (Wildman–Crippen LogP) is 4.64. The van der Waals surface area contributed by atoms with Gasteiger partial charge >= 0.3 is 25.2 Å². The number of Topliss-reactive ketones (excluding diaryl/α,β-unsaturated/α-hetero) is 1. The molecule has 2 heterocycles. The van der Waals surface area contributed by atoms with E-state index in [1.165, 1.54) is 17.8 Å². The summed E-state index contributed by atoms with van der Waals surface area (Å²) in [6.07, 6.45) is -1.10. The van der Waals surface area contributed by atoms with E-state index in [0.29, 0.717) is 12.1 Å². The monoisotopic (exact) mass is 485 g/mol. The Labute approximate surface area is 175 Å². The molecule has 1 saturated heterocycles. The van der Waals surface area contributed by atoms with Gasteiger partial charge in [0.1, 0.15) is 6.17 Å². The maximum Gasteiger partial charge on any atom is 0.336 e. The van der Waals surface area contributed by atoms with Crippen molar-refractivity contribution in [3.05, 3.63) is 12.0 Å². The lowest BCUT2D eigenvalue weighted by molar-refractivity contribution is -0.100. The van der Waals surface area contributed by atoms with Crippen molar-refractivity contribution >= 4 is 42.5 Å². The summed E-state index contributed by atoms with van der Waals surface area (Å²) in [5.41, 5.74) is -0.411. The minimum atomic E-state index is -3.25. The first kappa shape index (κ1) is 25.1. The van der Waals surface area contributed by atoms with Gasteiger partial charge in [-0.2, -0.15) is 0 Å². The number of ketones is 1. The summed E-state index contributed by atoms with van der Waals surface area (Å²) in [6, 6.07) is 0. The largest absolute Gasteiger partial charge is 0.346 e. The summed E-state index contributed by atoms with van der Waals surface area (Å²) in [5, 5.41) is 0. The minimum Gasteiger partial charge on any atom is -0.346 e. The van der Waals surface area contributed by atoms with Gasteiger partial charge in [0.25, 0.3) is 0 Å². The predicted molar refractivity (Wildman–Crippen MR) is 107 cm³/mol. The van der Waals surface area contributed by atoms with Gasteiger partial charge in [-0.1, -0.05) is 6.92 Å². The molecule has 0 N–H and O–H groups in total. The van der Waals surface area contributed by atoms with E-state index in [9.17, 15) is 22.9 Å². The summed E-state index contributed by atoms with van der Waals surface area (Å²) in [4.78, 5) is 20.2. The van der Waals surface area contributed by atoms with Crippen LogP contribution in [0.15, 0.2) is 11.3 Å². The van der Waals surface area contributed by atoms with Crippen LogP contribution in [0, 0.1) is 0 Å². The fourth-order valence-electron chi connectivity index (χ4n) is 2.94. The Bertz CT molecular complexity index is 875. The molecule has 1 aliphatic rings. The Morgan fingerprint density at radius 3 is 2.70 bits per heavy atom. The molecule has 5 atom stereocenters. The highest BCUT2D eigenvalue weighted by molar-refractivity contribution is 7.50. The van der Waals surface area contributed by atoms with Crippen molar-refractivity contribution in [1.29, 1.82) is 0 Å². The van der Waals surface area contributed by atoms with Crippen LogP contribution in [0.5, 0.6) is 0 Å². The van der Waals surface area contributed by atoms with Gasteiger partial charge < -0.3 is 9.26 Å². The highest BCUT2D eigenvalue weighted by Gasteiger charge is 2.48. The fourth-order valence-corrected chi connectivity index (χ4v) is 4.83. The van der Waals surface area contributed by atoms with E-state index in [1.807, 2.05) is 0 Å². The lowest BCUT2D eigenvalue weighted by Crippen LogP contribution is -2.33. The third-order valence-corrected chi connectivity index (χ3v) is 6.94. The van der Waals surface area contributed by atoms with E-state index < -0.39 is 43.2 Å². The second-order valence-corrected chi connectivity index (χ2v) is 9.75. The molecule has 0 bridgehead atoms. The van der Waals surface area contributed by atoms with E-state index in [0.717, 1.165) is 0 Å². The molecule has 1 fully saturated rings. The Balaban J connectivity index is 2.20. The number of aliphatic imine (C=N–C) groups is 1. The van der Waals surface area contributed by atoms with E-state index in [4.69, 9.17) is 9.26 Å². The molecule has 1 aliphatic heterocycles. The number of hydrogen-bond donors (Lipinski definition) is 0. The smallest absolute Gasteiger partial charge is 0.336 e. The van der Waals surface area contributed by atoms with E-state index >= 15 is 0 Å². The van der Waals surface area contributed by atoms with Crippen LogP contribution >= 0.6 is 25.2 Å². The van der Waals surface area contributed by atoms with Crippen molar-refractivity contribution in [1.82, 2.24) is 9.55 Å². The molecule has 0 radical (unpaired) electrons. The molecule has 0 aromatic carbocycles. The van der Waals surface area contributed by atoms with E-state index in [-0.39, 0.29) is 30.3 Å². The van der Waals surface area contributed by atoms with Crippen LogP contribution in [0.25, 0.3) is 0 Å². The molecular formula is C15H23FN3O8P3. The highest BCUT2D eigenvalue weighted by atomic mass is 31.2. The number of alkyl halides is 1. The van der Waals surface area contributed by atoms with Crippen molar-refractivity contribution in [3.63, 3.8) is 0 Å². The molecule has 11 nitrogen and oxygen atoms in total. The molecule has 2 rings (SSSR count). The van der Waals surface area contributed by atoms with Crippen LogP contribution in [0.1, 0.15) is 57.3 Å². The Morgan fingerprint density at radius 2 is 2.13 bits per heavy atom. The van der Waals surface area contributed by atoms with Crippen molar-refractivity contribution in [2.45, 2.75) is 58.5 Å². The first-order chi connectivity index (χ1) is 14.1. The van der Waals surface area contributed by atoms with Crippen molar-refractivity contribution in [2.24, 2.45) is 4.99 Å². The number of rotatable bonds is 11. The number of nitrogens with zero attached hydrogens (tertiary/aromatic N) is 3. The van der Waals surface area contributed by atoms with Crippen LogP contribution < -0.4 is 0 Å². The van der Waals surface area contributed by atoms with Gasteiger partial charge in [-0.25, -0.2) is 27.6 Å². The summed E-state index contributed by atoms with van der Waals surface area (Å²) in [7, 11) is -7.36. The number of halogens is 1. The topological polar surface area (TPSA) is 135 Å². The SMILES string of the molecule is CC[C@@]1(CO[PH](=O)O[PH](=O)OP=O)C[C@@H](F)[C@H](n2cnc(C(C)=O)c2N=C(C)C)O1. The minimum absolute atomic E-state index is 0.0873. The Hall–Kier alpha value is -1.12. The van der Waals surface area contributed by atoms with Crippen molar-refractivity contribution in [2.75, 3.05) is 6.61 Å². The van der Waals surface area contributed by atoms with Crippen molar-refractivity contribution in [3.8, 4) is 0 Å². The average molecular weight is 485 g/mol. The molecule has 2 unspecified atom stereocenters. The second kappa shape index (κ2) is 11.0. The number of carbonyl (C=O) groups excluding carboxylic acids is 1.